The van der Waals surface area contributed by atoms with Crippen LogP contribution in [0.3, 0.4) is 0 Å². The number of amides is 2. The van der Waals surface area contributed by atoms with Gasteiger partial charge < -0.3 is 15.1 Å². The van der Waals surface area contributed by atoms with Crippen molar-refractivity contribution in [2.24, 2.45) is 5.92 Å². The minimum Gasteiger partial charge on any atom is -0.333 e. The molecule has 1 aliphatic heterocycles. The molecule has 1 heterocycles. The number of quaternary nitrogens is 1. The Labute approximate surface area is 149 Å². The highest BCUT2D eigenvalue weighted by molar-refractivity contribution is 5.94. The summed E-state index contributed by atoms with van der Waals surface area (Å²) >= 11 is 0. The summed E-state index contributed by atoms with van der Waals surface area (Å²) in [5, 5.41) is 12.1. The highest BCUT2D eigenvalue weighted by atomic mass is 16.2. The Morgan fingerprint density at radius 2 is 1.88 bits per heavy atom. The molecule has 0 unspecified atom stereocenters. The lowest BCUT2D eigenvalue weighted by Gasteiger charge is -2.33. The Balaban J connectivity index is 1.83. The van der Waals surface area contributed by atoms with E-state index in [0.29, 0.717) is 25.2 Å². The van der Waals surface area contributed by atoms with Crippen LogP contribution >= 0.6 is 0 Å². The van der Waals surface area contributed by atoms with E-state index >= 15 is 0 Å². The monoisotopic (exact) mass is 343 g/mol. The molecule has 0 aliphatic carbocycles. The zero-order valence-electron chi connectivity index (χ0n) is 15.2. The lowest BCUT2D eigenvalue weighted by molar-refractivity contribution is -0.896. The van der Waals surface area contributed by atoms with E-state index in [4.69, 9.17) is 0 Å². The second-order valence-corrected chi connectivity index (χ2v) is 7.10. The topological polar surface area (TPSA) is 77.6 Å². The number of rotatable bonds is 5. The van der Waals surface area contributed by atoms with E-state index in [9.17, 15) is 14.9 Å². The molecule has 0 aromatic heterocycles. The second-order valence-electron chi connectivity index (χ2n) is 7.10. The number of nitrogens with one attached hydrogen (secondary N) is 2. The summed E-state index contributed by atoms with van der Waals surface area (Å²) in [6.45, 7) is 8.66. The Kier molecular flexibility index (Phi) is 6.16. The maximum atomic E-state index is 12.4. The third-order valence-corrected chi connectivity index (χ3v) is 4.98. The zero-order chi connectivity index (χ0) is 18.4. The minimum absolute atomic E-state index is 0.0387. The van der Waals surface area contributed by atoms with Gasteiger partial charge in [0.15, 0.2) is 6.54 Å². The molecular weight excluding hydrogens is 316 g/mol. The molecule has 0 radical (unpaired) electrons. The van der Waals surface area contributed by atoms with Gasteiger partial charge in [-0.3, -0.25) is 9.59 Å². The van der Waals surface area contributed by atoms with Gasteiger partial charge in [0.1, 0.15) is 5.54 Å². The van der Waals surface area contributed by atoms with Gasteiger partial charge in [0, 0.05) is 5.56 Å². The third-order valence-electron chi connectivity index (χ3n) is 4.98. The van der Waals surface area contributed by atoms with Crippen LogP contribution in [0, 0.1) is 17.2 Å². The molecule has 2 N–H and O–H groups in total. The number of carbonyl (C=O) groups is 2. The van der Waals surface area contributed by atoms with Gasteiger partial charge in [-0.05, 0) is 25.0 Å². The maximum Gasteiger partial charge on any atom is 0.276 e. The average Bonchev–Trinajstić information content (AvgIpc) is 2.62. The lowest BCUT2D eigenvalue weighted by atomic mass is 9.90. The van der Waals surface area contributed by atoms with Crippen LogP contribution in [0.1, 0.15) is 31.1 Å². The first-order chi connectivity index (χ1) is 11.9. The average molecular weight is 343 g/mol. The number of piperazine rings is 1. The predicted octanol–water partition coefficient (Wildman–Crippen LogP) is 0.0818. The molecule has 2 rings (SSSR count). The molecule has 134 valence electrons. The second kappa shape index (κ2) is 8.13. The van der Waals surface area contributed by atoms with Crippen LogP contribution in [0.25, 0.3) is 0 Å². The Morgan fingerprint density at radius 1 is 1.28 bits per heavy atom. The molecular formula is C19H27N4O2+. The first kappa shape index (κ1) is 18.9. The van der Waals surface area contributed by atoms with Crippen LogP contribution in [0.5, 0.6) is 0 Å². The summed E-state index contributed by atoms with van der Waals surface area (Å²) in [6.07, 6.45) is 0. The van der Waals surface area contributed by atoms with Crippen LogP contribution in [-0.4, -0.2) is 55.0 Å². The van der Waals surface area contributed by atoms with Crippen LogP contribution in [0.4, 0.5) is 0 Å². The highest BCUT2D eigenvalue weighted by Gasteiger charge is 2.32. The van der Waals surface area contributed by atoms with Crippen molar-refractivity contribution in [3.05, 3.63) is 35.9 Å². The van der Waals surface area contributed by atoms with Crippen LogP contribution in [0.2, 0.25) is 0 Å². The number of hydrogen-bond acceptors (Lipinski definition) is 3. The van der Waals surface area contributed by atoms with Crippen molar-refractivity contribution in [2.45, 2.75) is 26.3 Å². The standard InChI is InChI=1S/C19H26N4O2/c1-15(2)19(3,14-20)21-17(24)13-22-9-11-23(12-10-22)18(25)16-7-5-4-6-8-16/h4-8,15H,9-13H2,1-3H3,(H,21,24)/p+1/t19-/m0/s1. The van der Waals surface area contributed by atoms with Gasteiger partial charge >= 0.3 is 0 Å². The fourth-order valence-corrected chi connectivity index (χ4v) is 2.83. The molecule has 6 heteroatoms. The first-order valence-electron chi connectivity index (χ1n) is 8.76. The Bertz CT molecular complexity index is 645. The van der Waals surface area contributed by atoms with Crippen molar-refractivity contribution in [1.82, 2.24) is 10.2 Å². The molecule has 6 nitrogen and oxygen atoms in total. The molecule has 1 saturated heterocycles. The Hall–Kier alpha value is -2.39. The van der Waals surface area contributed by atoms with E-state index in [1.54, 1.807) is 6.92 Å². The van der Waals surface area contributed by atoms with Crippen LogP contribution in [-0.2, 0) is 4.79 Å². The van der Waals surface area contributed by atoms with E-state index < -0.39 is 5.54 Å². The highest BCUT2D eigenvalue weighted by Crippen LogP contribution is 2.14. The van der Waals surface area contributed by atoms with Crippen molar-refractivity contribution >= 4 is 11.8 Å². The molecule has 1 aliphatic rings. The van der Waals surface area contributed by atoms with Crippen molar-refractivity contribution < 1.29 is 14.5 Å². The van der Waals surface area contributed by atoms with Crippen LogP contribution in [0.15, 0.2) is 30.3 Å². The molecule has 1 fully saturated rings. The van der Waals surface area contributed by atoms with Gasteiger partial charge in [-0.1, -0.05) is 32.0 Å². The fourth-order valence-electron chi connectivity index (χ4n) is 2.83. The minimum atomic E-state index is -0.846. The number of nitriles is 1. The third kappa shape index (κ3) is 4.80. The summed E-state index contributed by atoms with van der Waals surface area (Å²) in [4.78, 5) is 27.7. The Morgan fingerprint density at radius 3 is 2.40 bits per heavy atom. The van der Waals surface area contributed by atoms with E-state index in [2.05, 4.69) is 11.4 Å². The molecule has 1 aromatic rings. The number of nitrogens with zero attached hydrogens (tertiary/aromatic N) is 2. The molecule has 0 spiro atoms. The molecule has 1 atom stereocenters. The van der Waals surface area contributed by atoms with E-state index in [1.165, 1.54) is 0 Å². The van der Waals surface area contributed by atoms with Crippen molar-refractivity contribution in [3.8, 4) is 6.07 Å². The van der Waals surface area contributed by atoms with Gasteiger partial charge in [-0.2, -0.15) is 5.26 Å². The number of benzene rings is 1. The predicted molar refractivity (Wildman–Crippen MR) is 94.9 cm³/mol. The lowest BCUT2D eigenvalue weighted by Crippen LogP contribution is -3.16. The first-order valence-corrected chi connectivity index (χ1v) is 8.76. The molecule has 1 aromatic carbocycles. The van der Waals surface area contributed by atoms with Gasteiger partial charge in [0.2, 0.25) is 0 Å². The smallest absolute Gasteiger partial charge is 0.276 e. The molecule has 0 saturated carbocycles. The van der Waals surface area contributed by atoms with Gasteiger partial charge in [-0.25, -0.2) is 0 Å². The molecule has 0 bridgehead atoms. The number of carbonyl (C=O) groups excluding carboxylic acids is 2. The van der Waals surface area contributed by atoms with E-state index in [-0.39, 0.29) is 17.7 Å². The fraction of sp³-hybridized carbons (Fsp3) is 0.526. The van der Waals surface area contributed by atoms with E-state index in [0.717, 1.165) is 18.0 Å². The van der Waals surface area contributed by atoms with Crippen molar-refractivity contribution in [1.29, 1.82) is 5.26 Å². The van der Waals surface area contributed by atoms with E-state index in [1.807, 2.05) is 49.1 Å². The molecule has 25 heavy (non-hydrogen) atoms. The maximum absolute atomic E-state index is 12.4. The normalized spacial score (nSPS) is 17.6. The summed E-state index contributed by atoms with van der Waals surface area (Å²) in [5.41, 5.74) is -0.146. The van der Waals surface area contributed by atoms with Crippen LogP contribution < -0.4 is 10.2 Å². The van der Waals surface area contributed by atoms with Gasteiger partial charge in [-0.15, -0.1) is 0 Å². The van der Waals surface area contributed by atoms with Gasteiger partial charge in [0.25, 0.3) is 11.8 Å². The summed E-state index contributed by atoms with van der Waals surface area (Å²) < 4.78 is 0. The largest absolute Gasteiger partial charge is 0.333 e. The number of hydrogen-bond donors (Lipinski definition) is 2. The van der Waals surface area contributed by atoms with Crippen molar-refractivity contribution in [3.63, 3.8) is 0 Å². The summed E-state index contributed by atoms with van der Waals surface area (Å²) in [7, 11) is 0. The SMILES string of the molecule is CC(C)[C@](C)(C#N)NC(=O)C[NH+]1CCN(C(=O)c2ccccc2)CC1. The van der Waals surface area contributed by atoms with Gasteiger partial charge in [0.05, 0.1) is 32.2 Å². The quantitative estimate of drug-likeness (QED) is 0.795. The summed E-state index contributed by atoms with van der Waals surface area (Å²) in [5.74, 6) is -0.0339. The summed E-state index contributed by atoms with van der Waals surface area (Å²) in [6, 6.07) is 11.5. The molecule has 2 amide bonds. The van der Waals surface area contributed by atoms with Crippen molar-refractivity contribution in [2.75, 3.05) is 32.7 Å². The zero-order valence-corrected chi connectivity index (χ0v) is 15.2.